The molecule has 1 aromatic carbocycles. The van der Waals surface area contributed by atoms with Gasteiger partial charge in [-0.2, -0.15) is 0 Å². The average molecular weight is 256 g/mol. The van der Waals surface area contributed by atoms with Crippen molar-refractivity contribution in [3.05, 3.63) is 29.3 Å². The molecule has 1 aliphatic carbocycles. The normalized spacial score (nSPS) is 14.8. The SMILES string of the molecule is CCN(c1c(F)cc(C(N)=S)cc1F)C1CC1. The second-order valence-electron chi connectivity index (χ2n) is 4.17. The third kappa shape index (κ3) is 2.39. The minimum atomic E-state index is -0.596. The van der Waals surface area contributed by atoms with E-state index < -0.39 is 11.6 Å². The van der Waals surface area contributed by atoms with Crippen LogP contribution in [0.15, 0.2) is 12.1 Å². The molecule has 0 saturated heterocycles. The summed E-state index contributed by atoms with van der Waals surface area (Å²) < 4.78 is 27.8. The van der Waals surface area contributed by atoms with Gasteiger partial charge in [-0.1, -0.05) is 12.2 Å². The van der Waals surface area contributed by atoms with E-state index in [9.17, 15) is 8.78 Å². The predicted molar refractivity (Wildman–Crippen MR) is 68.3 cm³/mol. The summed E-state index contributed by atoms with van der Waals surface area (Å²) in [6.45, 7) is 2.48. The third-order valence-electron chi connectivity index (χ3n) is 2.92. The highest BCUT2D eigenvalue weighted by molar-refractivity contribution is 7.80. The van der Waals surface area contributed by atoms with Crippen LogP contribution in [0.2, 0.25) is 0 Å². The summed E-state index contributed by atoms with van der Waals surface area (Å²) in [5.74, 6) is -1.19. The smallest absolute Gasteiger partial charge is 0.150 e. The largest absolute Gasteiger partial charge is 0.389 e. The van der Waals surface area contributed by atoms with Crippen LogP contribution in [0.5, 0.6) is 0 Å². The van der Waals surface area contributed by atoms with Crippen molar-refractivity contribution in [2.45, 2.75) is 25.8 Å². The van der Waals surface area contributed by atoms with Gasteiger partial charge in [-0.25, -0.2) is 8.78 Å². The van der Waals surface area contributed by atoms with Crippen molar-refractivity contribution in [1.82, 2.24) is 0 Å². The third-order valence-corrected chi connectivity index (χ3v) is 3.15. The van der Waals surface area contributed by atoms with Crippen LogP contribution in [0.4, 0.5) is 14.5 Å². The van der Waals surface area contributed by atoms with Gasteiger partial charge in [-0.3, -0.25) is 0 Å². The van der Waals surface area contributed by atoms with Crippen LogP contribution in [0.25, 0.3) is 0 Å². The molecule has 1 aromatic rings. The Bertz CT molecular complexity index is 435. The molecular formula is C12H14F2N2S. The molecule has 5 heteroatoms. The molecule has 0 radical (unpaired) electrons. The highest BCUT2D eigenvalue weighted by Crippen LogP contribution is 2.34. The van der Waals surface area contributed by atoms with E-state index in [0.717, 1.165) is 12.8 Å². The molecule has 0 aliphatic heterocycles. The highest BCUT2D eigenvalue weighted by Gasteiger charge is 2.31. The predicted octanol–water partition coefficient (Wildman–Crippen LogP) is 2.59. The molecule has 2 N–H and O–H groups in total. The molecule has 0 atom stereocenters. The fourth-order valence-electron chi connectivity index (χ4n) is 1.97. The standard InChI is InChI=1S/C12H14F2N2S/c1-2-16(8-3-4-8)11-9(13)5-7(12(15)17)6-10(11)14/h5-6,8H,2-4H2,1H3,(H2,15,17). The summed E-state index contributed by atoms with van der Waals surface area (Å²) >= 11 is 4.71. The van der Waals surface area contributed by atoms with E-state index in [0.29, 0.717) is 6.54 Å². The van der Waals surface area contributed by atoms with Gasteiger partial charge in [-0.05, 0) is 31.9 Å². The Morgan fingerprint density at radius 2 is 1.94 bits per heavy atom. The van der Waals surface area contributed by atoms with Gasteiger partial charge in [0.2, 0.25) is 0 Å². The molecule has 2 rings (SSSR count). The van der Waals surface area contributed by atoms with Gasteiger partial charge >= 0.3 is 0 Å². The summed E-state index contributed by atoms with van der Waals surface area (Å²) in [6.07, 6.45) is 1.98. The Morgan fingerprint density at radius 1 is 1.41 bits per heavy atom. The average Bonchev–Trinajstić information content (AvgIpc) is 3.06. The van der Waals surface area contributed by atoms with Crippen molar-refractivity contribution in [3.63, 3.8) is 0 Å². The van der Waals surface area contributed by atoms with Crippen molar-refractivity contribution in [2.24, 2.45) is 5.73 Å². The first-order valence-corrected chi connectivity index (χ1v) is 6.01. The van der Waals surface area contributed by atoms with Crippen LogP contribution >= 0.6 is 12.2 Å². The van der Waals surface area contributed by atoms with Gasteiger partial charge in [0.05, 0.1) is 0 Å². The summed E-state index contributed by atoms with van der Waals surface area (Å²) in [5.41, 5.74) is 5.63. The maximum absolute atomic E-state index is 13.9. The van der Waals surface area contributed by atoms with Gasteiger partial charge < -0.3 is 10.6 Å². The first-order chi connectivity index (χ1) is 8.04. The number of hydrogen-bond acceptors (Lipinski definition) is 2. The Labute approximate surface area is 104 Å². The Morgan fingerprint density at radius 3 is 2.29 bits per heavy atom. The van der Waals surface area contributed by atoms with E-state index in [4.69, 9.17) is 18.0 Å². The van der Waals surface area contributed by atoms with E-state index in [1.807, 2.05) is 6.92 Å². The number of nitrogens with two attached hydrogens (primary N) is 1. The van der Waals surface area contributed by atoms with Crippen LogP contribution < -0.4 is 10.6 Å². The lowest BCUT2D eigenvalue weighted by Gasteiger charge is -2.24. The van der Waals surface area contributed by atoms with E-state index in [-0.39, 0.29) is 22.3 Å². The van der Waals surface area contributed by atoms with E-state index in [1.165, 1.54) is 12.1 Å². The van der Waals surface area contributed by atoms with Crippen LogP contribution in [0.3, 0.4) is 0 Å². The van der Waals surface area contributed by atoms with Gasteiger partial charge in [0, 0.05) is 18.2 Å². The summed E-state index contributed by atoms with van der Waals surface area (Å²) in [4.78, 5) is 1.76. The molecule has 1 fully saturated rings. The Balaban J connectivity index is 2.43. The van der Waals surface area contributed by atoms with Crippen LogP contribution in [-0.2, 0) is 0 Å². The van der Waals surface area contributed by atoms with Gasteiger partial charge in [0.1, 0.15) is 22.3 Å². The Hall–Kier alpha value is -1.23. The number of anilines is 1. The van der Waals surface area contributed by atoms with E-state index in [2.05, 4.69) is 0 Å². The lowest BCUT2D eigenvalue weighted by molar-refractivity contribution is 0.570. The highest BCUT2D eigenvalue weighted by atomic mass is 32.1. The maximum Gasteiger partial charge on any atom is 0.150 e. The minimum absolute atomic E-state index is 0.00354. The van der Waals surface area contributed by atoms with Crippen LogP contribution in [-0.4, -0.2) is 17.6 Å². The number of benzene rings is 1. The fraction of sp³-hybridized carbons (Fsp3) is 0.417. The molecule has 1 saturated carbocycles. The first-order valence-electron chi connectivity index (χ1n) is 5.60. The number of thiocarbonyl (C=S) groups is 1. The first kappa shape index (κ1) is 12.2. The summed E-state index contributed by atoms with van der Waals surface area (Å²) in [7, 11) is 0. The van der Waals surface area contributed by atoms with Gasteiger partial charge in [0.15, 0.2) is 0 Å². The molecule has 92 valence electrons. The van der Waals surface area contributed by atoms with Crippen molar-refractivity contribution < 1.29 is 8.78 Å². The number of nitrogens with zero attached hydrogens (tertiary/aromatic N) is 1. The Kier molecular flexibility index (Phi) is 3.28. The molecule has 17 heavy (non-hydrogen) atoms. The van der Waals surface area contributed by atoms with Crippen molar-refractivity contribution in [3.8, 4) is 0 Å². The lowest BCUT2D eigenvalue weighted by Crippen LogP contribution is -2.27. The van der Waals surface area contributed by atoms with Gasteiger partial charge in [-0.15, -0.1) is 0 Å². The molecule has 0 unspecified atom stereocenters. The minimum Gasteiger partial charge on any atom is -0.389 e. The van der Waals surface area contributed by atoms with Gasteiger partial charge in [0.25, 0.3) is 0 Å². The maximum atomic E-state index is 13.9. The molecule has 2 nitrogen and oxygen atoms in total. The van der Waals surface area contributed by atoms with Crippen molar-refractivity contribution in [1.29, 1.82) is 0 Å². The second kappa shape index (κ2) is 4.56. The second-order valence-corrected chi connectivity index (χ2v) is 4.61. The fourth-order valence-corrected chi connectivity index (χ4v) is 2.09. The molecule has 0 bridgehead atoms. The van der Waals surface area contributed by atoms with Crippen LogP contribution in [0.1, 0.15) is 25.3 Å². The summed E-state index contributed by atoms with van der Waals surface area (Å²) in [6, 6.07) is 2.66. The van der Waals surface area contributed by atoms with E-state index >= 15 is 0 Å². The number of rotatable bonds is 4. The molecular weight excluding hydrogens is 242 g/mol. The zero-order valence-corrected chi connectivity index (χ0v) is 10.4. The topological polar surface area (TPSA) is 29.3 Å². The molecule has 0 amide bonds. The molecule has 0 heterocycles. The molecule has 0 spiro atoms. The monoisotopic (exact) mass is 256 g/mol. The zero-order valence-electron chi connectivity index (χ0n) is 9.54. The molecule has 0 aromatic heterocycles. The van der Waals surface area contributed by atoms with Crippen LogP contribution in [0, 0.1) is 11.6 Å². The van der Waals surface area contributed by atoms with Crippen molar-refractivity contribution >= 4 is 22.9 Å². The quantitative estimate of drug-likeness (QED) is 0.840. The number of hydrogen-bond donors (Lipinski definition) is 1. The zero-order chi connectivity index (χ0) is 12.6. The molecule has 1 aliphatic rings. The number of halogens is 2. The summed E-state index contributed by atoms with van der Waals surface area (Å²) in [5, 5.41) is 0. The van der Waals surface area contributed by atoms with Crippen molar-refractivity contribution in [2.75, 3.05) is 11.4 Å². The lowest BCUT2D eigenvalue weighted by atomic mass is 10.1. The van der Waals surface area contributed by atoms with E-state index in [1.54, 1.807) is 4.90 Å².